The second kappa shape index (κ2) is 8.25. The number of imidazole rings is 1. The van der Waals surface area contributed by atoms with Gasteiger partial charge in [-0.3, -0.25) is 4.90 Å². The zero-order chi connectivity index (χ0) is 23.1. The smallest absolute Gasteiger partial charge is 0.323 e. The molecule has 1 atom stereocenters. The van der Waals surface area contributed by atoms with Crippen molar-refractivity contribution in [2.75, 3.05) is 31.1 Å². The summed E-state index contributed by atoms with van der Waals surface area (Å²) in [5.41, 5.74) is 2.92. The van der Waals surface area contributed by atoms with Crippen molar-refractivity contribution in [2.45, 2.75) is 19.4 Å². The number of rotatable bonds is 5. The number of fused-ring (bicyclic) bond motifs is 1. The van der Waals surface area contributed by atoms with Gasteiger partial charge < -0.3 is 19.6 Å². The lowest BCUT2D eigenvalue weighted by Crippen LogP contribution is -2.31. The summed E-state index contributed by atoms with van der Waals surface area (Å²) in [6.07, 6.45) is 5.43. The molecule has 0 aliphatic carbocycles. The second-order valence-electron chi connectivity index (χ2n) is 9.36. The number of ether oxygens (including phenoxy) is 1. The van der Waals surface area contributed by atoms with Crippen LogP contribution < -0.4 is 15.3 Å². The molecule has 2 saturated heterocycles. The van der Waals surface area contributed by atoms with Crippen LogP contribution in [0.25, 0.3) is 11.0 Å². The van der Waals surface area contributed by atoms with Gasteiger partial charge in [-0.25, -0.2) is 19.2 Å². The number of anilines is 1. The van der Waals surface area contributed by atoms with Crippen molar-refractivity contribution in [1.82, 2.24) is 24.8 Å². The molecule has 9 heteroatoms. The van der Waals surface area contributed by atoms with Gasteiger partial charge in [0.05, 0.1) is 17.2 Å². The van der Waals surface area contributed by atoms with Crippen LogP contribution in [0.3, 0.4) is 0 Å². The first-order valence-electron chi connectivity index (χ1n) is 11.5. The normalized spacial score (nSPS) is 20.6. The van der Waals surface area contributed by atoms with Gasteiger partial charge in [0.15, 0.2) is 11.6 Å². The van der Waals surface area contributed by atoms with Crippen molar-refractivity contribution in [1.29, 1.82) is 0 Å². The standard InChI is InChI=1S/C25H25FN6O2/c26-18-2-4-19(5-3-18)34-22-12-27-16-28-23(22)32-10-8-25(15-32)7-9-31(14-25)13-17-1-6-20-21(11-17)30-24(33)29-20/h1-6,11-12,16H,7-10,13-15H2,(H2,29,30,33). The lowest BCUT2D eigenvalue weighted by molar-refractivity contribution is 0.270. The van der Waals surface area contributed by atoms with Gasteiger partial charge in [-0.05, 0) is 61.3 Å². The van der Waals surface area contributed by atoms with E-state index in [1.165, 1.54) is 17.7 Å². The Morgan fingerprint density at radius 3 is 2.74 bits per heavy atom. The molecule has 2 aliphatic heterocycles. The number of nitrogens with one attached hydrogen (secondary N) is 2. The van der Waals surface area contributed by atoms with E-state index in [9.17, 15) is 9.18 Å². The molecule has 0 amide bonds. The fraction of sp³-hybridized carbons (Fsp3) is 0.320. The summed E-state index contributed by atoms with van der Waals surface area (Å²) in [5.74, 6) is 1.61. The number of hydrogen-bond acceptors (Lipinski definition) is 6. The number of aromatic amines is 2. The Bertz CT molecular complexity index is 1380. The fourth-order valence-electron chi connectivity index (χ4n) is 5.30. The van der Waals surface area contributed by atoms with Crippen molar-refractivity contribution in [3.63, 3.8) is 0 Å². The first-order chi connectivity index (χ1) is 16.6. The molecule has 2 N–H and O–H groups in total. The van der Waals surface area contributed by atoms with Crippen LogP contribution in [0, 0.1) is 11.2 Å². The van der Waals surface area contributed by atoms with E-state index < -0.39 is 0 Å². The van der Waals surface area contributed by atoms with Gasteiger partial charge in [0, 0.05) is 31.6 Å². The third-order valence-electron chi connectivity index (χ3n) is 6.94. The maximum absolute atomic E-state index is 13.3. The molecule has 2 aliphatic rings. The van der Waals surface area contributed by atoms with Gasteiger partial charge in [0.1, 0.15) is 17.9 Å². The highest BCUT2D eigenvalue weighted by Gasteiger charge is 2.44. The molecule has 1 spiro atoms. The third kappa shape index (κ3) is 4.03. The first-order valence-corrected chi connectivity index (χ1v) is 11.5. The Kier molecular flexibility index (Phi) is 5.06. The summed E-state index contributed by atoms with van der Waals surface area (Å²) in [4.78, 5) is 30.6. The number of halogens is 1. The predicted octanol–water partition coefficient (Wildman–Crippen LogP) is 3.68. The maximum atomic E-state index is 13.3. The molecule has 174 valence electrons. The summed E-state index contributed by atoms with van der Waals surface area (Å²) >= 11 is 0. The zero-order valence-corrected chi connectivity index (χ0v) is 18.6. The molecular weight excluding hydrogens is 435 g/mol. The highest BCUT2D eigenvalue weighted by Crippen LogP contribution is 2.43. The monoisotopic (exact) mass is 460 g/mol. The molecule has 4 aromatic rings. The number of aromatic nitrogens is 4. The van der Waals surface area contributed by atoms with Gasteiger partial charge in [-0.15, -0.1) is 0 Å². The number of likely N-dealkylation sites (tertiary alicyclic amines) is 1. The summed E-state index contributed by atoms with van der Waals surface area (Å²) in [6.45, 7) is 4.73. The van der Waals surface area contributed by atoms with Crippen LogP contribution >= 0.6 is 0 Å². The van der Waals surface area contributed by atoms with E-state index in [0.717, 1.165) is 62.4 Å². The van der Waals surface area contributed by atoms with E-state index in [4.69, 9.17) is 4.74 Å². The lowest BCUT2D eigenvalue weighted by atomic mass is 9.86. The summed E-state index contributed by atoms with van der Waals surface area (Å²) in [7, 11) is 0. The lowest BCUT2D eigenvalue weighted by Gasteiger charge is -2.26. The van der Waals surface area contributed by atoms with Gasteiger partial charge >= 0.3 is 5.69 Å². The zero-order valence-electron chi connectivity index (χ0n) is 18.6. The van der Waals surface area contributed by atoms with Crippen molar-refractivity contribution < 1.29 is 9.13 Å². The molecule has 4 heterocycles. The van der Waals surface area contributed by atoms with Crippen molar-refractivity contribution in [3.05, 3.63) is 76.9 Å². The number of hydrogen-bond donors (Lipinski definition) is 2. The van der Waals surface area contributed by atoms with Crippen molar-refractivity contribution in [2.24, 2.45) is 5.41 Å². The van der Waals surface area contributed by atoms with E-state index in [1.54, 1.807) is 24.7 Å². The van der Waals surface area contributed by atoms with Crippen LogP contribution in [0.4, 0.5) is 10.2 Å². The van der Waals surface area contributed by atoms with Crippen LogP contribution in [-0.4, -0.2) is 51.0 Å². The summed E-state index contributed by atoms with van der Waals surface area (Å²) in [5, 5.41) is 0. The minimum absolute atomic E-state index is 0.175. The van der Waals surface area contributed by atoms with Crippen LogP contribution in [-0.2, 0) is 6.54 Å². The van der Waals surface area contributed by atoms with Crippen LogP contribution in [0.1, 0.15) is 18.4 Å². The average Bonchev–Trinajstić information content (AvgIpc) is 3.54. The maximum Gasteiger partial charge on any atom is 0.323 e. The number of nitrogens with zero attached hydrogens (tertiary/aromatic N) is 4. The van der Waals surface area contributed by atoms with Gasteiger partial charge in [-0.2, -0.15) is 0 Å². The average molecular weight is 461 g/mol. The molecule has 6 rings (SSSR count). The minimum atomic E-state index is -0.300. The quantitative estimate of drug-likeness (QED) is 0.472. The fourth-order valence-corrected chi connectivity index (χ4v) is 5.30. The minimum Gasteiger partial charge on any atom is -0.452 e. The number of benzene rings is 2. The topological polar surface area (TPSA) is 90.1 Å². The Morgan fingerprint density at radius 2 is 1.85 bits per heavy atom. The van der Waals surface area contributed by atoms with Crippen LogP contribution in [0.2, 0.25) is 0 Å². The highest BCUT2D eigenvalue weighted by molar-refractivity contribution is 5.75. The van der Waals surface area contributed by atoms with E-state index in [0.29, 0.717) is 11.5 Å². The predicted molar refractivity (Wildman–Crippen MR) is 127 cm³/mol. The van der Waals surface area contributed by atoms with E-state index in [2.05, 4.69) is 41.9 Å². The molecule has 2 aromatic carbocycles. The molecule has 0 saturated carbocycles. The van der Waals surface area contributed by atoms with Crippen molar-refractivity contribution in [3.8, 4) is 11.5 Å². The van der Waals surface area contributed by atoms with Gasteiger partial charge in [0.2, 0.25) is 0 Å². The SMILES string of the molecule is O=c1[nH]c2ccc(CN3CCC4(CCN(c5ncncc5Oc5ccc(F)cc5)C4)C3)cc2[nH]1. The molecule has 34 heavy (non-hydrogen) atoms. The van der Waals surface area contributed by atoms with Gasteiger partial charge in [-0.1, -0.05) is 6.07 Å². The Balaban J connectivity index is 1.14. The highest BCUT2D eigenvalue weighted by atomic mass is 19.1. The van der Waals surface area contributed by atoms with Crippen LogP contribution in [0.5, 0.6) is 11.5 Å². The largest absolute Gasteiger partial charge is 0.452 e. The Morgan fingerprint density at radius 1 is 1.03 bits per heavy atom. The third-order valence-corrected chi connectivity index (χ3v) is 6.94. The molecular formula is C25H25FN6O2. The molecule has 0 bridgehead atoms. The Labute approximate surface area is 195 Å². The molecule has 2 aromatic heterocycles. The van der Waals surface area contributed by atoms with Crippen molar-refractivity contribution >= 4 is 16.9 Å². The molecule has 0 radical (unpaired) electrons. The van der Waals surface area contributed by atoms with E-state index in [1.807, 2.05) is 6.07 Å². The summed E-state index contributed by atoms with van der Waals surface area (Å²) < 4.78 is 19.2. The number of H-pyrrole nitrogens is 2. The van der Waals surface area contributed by atoms with E-state index in [-0.39, 0.29) is 16.9 Å². The second-order valence-corrected chi connectivity index (χ2v) is 9.36. The first kappa shape index (κ1) is 20.9. The van der Waals surface area contributed by atoms with Gasteiger partial charge in [0.25, 0.3) is 0 Å². The molecule has 8 nitrogen and oxygen atoms in total. The van der Waals surface area contributed by atoms with Crippen LogP contribution in [0.15, 0.2) is 59.8 Å². The summed E-state index contributed by atoms with van der Waals surface area (Å²) in [6, 6.07) is 12.1. The molecule has 1 unspecified atom stereocenters. The Hall–Kier alpha value is -3.72. The molecule has 2 fully saturated rings. The van der Waals surface area contributed by atoms with E-state index >= 15 is 0 Å².